The van der Waals surface area contributed by atoms with E-state index in [1.165, 1.54) is 11.0 Å². The third-order valence-electron chi connectivity index (χ3n) is 3.17. The molecule has 0 bridgehead atoms. The van der Waals surface area contributed by atoms with Crippen LogP contribution in [-0.2, 0) is 0 Å². The molecule has 0 aliphatic carbocycles. The first-order valence-electron chi connectivity index (χ1n) is 7.14. The highest BCUT2D eigenvalue weighted by Crippen LogP contribution is 2.15. The SMILES string of the molecule is CCOc1ccc(C(=O)Nc2ccc(-n3cnnn3)cc2)cc1. The number of carbonyl (C=O) groups excluding carboxylic acids is 1. The predicted molar refractivity (Wildman–Crippen MR) is 84.7 cm³/mol. The summed E-state index contributed by atoms with van der Waals surface area (Å²) in [4.78, 5) is 12.2. The standard InChI is InChI=1S/C16H15N5O2/c1-2-23-15-9-3-12(4-10-15)16(22)18-13-5-7-14(8-6-13)21-11-17-19-20-21/h3-11H,2H2,1H3,(H,18,22). The normalized spacial score (nSPS) is 10.3. The first-order chi connectivity index (χ1) is 11.3. The highest BCUT2D eigenvalue weighted by molar-refractivity contribution is 6.04. The van der Waals surface area contributed by atoms with Crippen LogP contribution >= 0.6 is 0 Å². The second-order valence-electron chi connectivity index (χ2n) is 4.71. The highest BCUT2D eigenvalue weighted by Gasteiger charge is 2.07. The molecule has 3 rings (SSSR count). The summed E-state index contributed by atoms with van der Waals surface area (Å²) in [5.74, 6) is 0.568. The third-order valence-corrected chi connectivity index (χ3v) is 3.17. The minimum absolute atomic E-state index is 0.178. The van der Waals surface area contributed by atoms with Gasteiger partial charge in [0, 0.05) is 11.3 Å². The van der Waals surface area contributed by atoms with Crippen LogP contribution in [0.5, 0.6) is 5.75 Å². The summed E-state index contributed by atoms with van der Waals surface area (Å²) in [6.45, 7) is 2.51. The Morgan fingerprint density at radius 2 is 1.87 bits per heavy atom. The first kappa shape index (κ1) is 14.7. The number of tetrazole rings is 1. The Morgan fingerprint density at radius 1 is 1.13 bits per heavy atom. The van der Waals surface area contributed by atoms with Gasteiger partial charge in [-0.05, 0) is 65.9 Å². The van der Waals surface area contributed by atoms with E-state index in [9.17, 15) is 4.79 Å². The molecule has 23 heavy (non-hydrogen) atoms. The fraction of sp³-hybridized carbons (Fsp3) is 0.125. The van der Waals surface area contributed by atoms with Gasteiger partial charge in [0.15, 0.2) is 0 Å². The van der Waals surface area contributed by atoms with Crippen molar-refractivity contribution in [1.29, 1.82) is 0 Å². The number of hydrogen-bond donors (Lipinski definition) is 1. The van der Waals surface area contributed by atoms with Gasteiger partial charge in [0.2, 0.25) is 0 Å². The van der Waals surface area contributed by atoms with Crippen molar-refractivity contribution in [2.75, 3.05) is 11.9 Å². The molecule has 7 heteroatoms. The van der Waals surface area contributed by atoms with Gasteiger partial charge < -0.3 is 10.1 Å². The lowest BCUT2D eigenvalue weighted by Crippen LogP contribution is -2.11. The van der Waals surface area contributed by atoms with E-state index in [4.69, 9.17) is 4.74 Å². The summed E-state index contributed by atoms with van der Waals surface area (Å²) in [7, 11) is 0. The quantitative estimate of drug-likeness (QED) is 0.782. The summed E-state index contributed by atoms with van der Waals surface area (Å²) in [5.41, 5.74) is 2.08. The summed E-state index contributed by atoms with van der Waals surface area (Å²) in [6.07, 6.45) is 1.51. The van der Waals surface area contributed by atoms with Gasteiger partial charge in [0.1, 0.15) is 12.1 Å². The summed E-state index contributed by atoms with van der Waals surface area (Å²) < 4.78 is 6.90. The number of nitrogens with zero attached hydrogens (tertiary/aromatic N) is 4. The maximum Gasteiger partial charge on any atom is 0.255 e. The van der Waals surface area contributed by atoms with Crippen molar-refractivity contribution in [1.82, 2.24) is 20.2 Å². The fourth-order valence-corrected chi connectivity index (χ4v) is 2.05. The number of benzene rings is 2. The molecule has 1 aromatic heterocycles. The van der Waals surface area contributed by atoms with Crippen molar-refractivity contribution in [2.45, 2.75) is 6.92 Å². The Bertz CT molecular complexity index is 767. The van der Waals surface area contributed by atoms with Crippen molar-refractivity contribution in [3.05, 3.63) is 60.4 Å². The van der Waals surface area contributed by atoms with E-state index in [1.807, 2.05) is 19.1 Å². The van der Waals surface area contributed by atoms with Gasteiger partial charge in [-0.3, -0.25) is 4.79 Å². The van der Waals surface area contributed by atoms with Crippen LogP contribution in [0.25, 0.3) is 5.69 Å². The van der Waals surface area contributed by atoms with Gasteiger partial charge >= 0.3 is 0 Å². The largest absolute Gasteiger partial charge is 0.494 e. The summed E-state index contributed by atoms with van der Waals surface area (Å²) >= 11 is 0. The molecule has 1 N–H and O–H groups in total. The van der Waals surface area contributed by atoms with Crippen LogP contribution in [0.3, 0.4) is 0 Å². The second-order valence-corrected chi connectivity index (χ2v) is 4.71. The number of carbonyl (C=O) groups is 1. The molecule has 0 unspecified atom stereocenters. The monoisotopic (exact) mass is 309 g/mol. The Morgan fingerprint density at radius 3 is 2.48 bits per heavy atom. The van der Waals surface area contributed by atoms with Crippen LogP contribution in [0.15, 0.2) is 54.9 Å². The van der Waals surface area contributed by atoms with Gasteiger partial charge in [-0.1, -0.05) is 0 Å². The van der Waals surface area contributed by atoms with E-state index in [-0.39, 0.29) is 5.91 Å². The van der Waals surface area contributed by atoms with Crippen molar-refractivity contribution in [3.8, 4) is 11.4 Å². The Hall–Kier alpha value is -3.22. The zero-order chi connectivity index (χ0) is 16.1. The molecule has 0 saturated heterocycles. The molecular formula is C16H15N5O2. The van der Waals surface area contributed by atoms with Crippen molar-refractivity contribution >= 4 is 11.6 Å². The van der Waals surface area contributed by atoms with E-state index < -0.39 is 0 Å². The molecule has 1 amide bonds. The van der Waals surface area contributed by atoms with E-state index in [2.05, 4.69) is 20.8 Å². The first-order valence-corrected chi connectivity index (χ1v) is 7.14. The van der Waals surface area contributed by atoms with Crippen LogP contribution in [-0.4, -0.2) is 32.7 Å². The van der Waals surface area contributed by atoms with E-state index >= 15 is 0 Å². The molecule has 1 heterocycles. The van der Waals surface area contributed by atoms with Crippen LogP contribution in [0, 0.1) is 0 Å². The van der Waals surface area contributed by atoms with Gasteiger partial charge in [0.25, 0.3) is 5.91 Å². The molecular weight excluding hydrogens is 294 g/mol. The molecule has 0 radical (unpaired) electrons. The molecule has 0 aliphatic rings. The molecule has 116 valence electrons. The summed E-state index contributed by atoms with van der Waals surface area (Å²) in [5, 5.41) is 13.8. The molecule has 3 aromatic rings. The Labute approximate surface area is 132 Å². The van der Waals surface area contributed by atoms with Gasteiger partial charge in [0.05, 0.1) is 12.3 Å². The number of nitrogens with one attached hydrogen (secondary N) is 1. The van der Waals surface area contributed by atoms with Crippen LogP contribution in [0.4, 0.5) is 5.69 Å². The van der Waals surface area contributed by atoms with Crippen LogP contribution < -0.4 is 10.1 Å². The van der Waals surface area contributed by atoms with Crippen LogP contribution in [0.1, 0.15) is 17.3 Å². The number of amides is 1. The lowest BCUT2D eigenvalue weighted by molar-refractivity contribution is 0.102. The topological polar surface area (TPSA) is 81.9 Å². The molecule has 0 spiro atoms. The Kier molecular flexibility index (Phi) is 4.28. The molecule has 0 atom stereocenters. The number of anilines is 1. The summed E-state index contributed by atoms with van der Waals surface area (Å²) in [6, 6.07) is 14.3. The molecule has 0 fully saturated rings. The molecule has 7 nitrogen and oxygen atoms in total. The van der Waals surface area contributed by atoms with E-state index in [0.717, 1.165) is 11.4 Å². The smallest absolute Gasteiger partial charge is 0.255 e. The van der Waals surface area contributed by atoms with Crippen LogP contribution in [0.2, 0.25) is 0 Å². The zero-order valence-electron chi connectivity index (χ0n) is 12.5. The van der Waals surface area contributed by atoms with E-state index in [1.54, 1.807) is 36.4 Å². The lowest BCUT2D eigenvalue weighted by Gasteiger charge is -2.07. The predicted octanol–water partition coefficient (Wildman–Crippen LogP) is 2.31. The number of rotatable bonds is 5. The number of aromatic nitrogens is 4. The average Bonchev–Trinajstić information content (AvgIpc) is 3.11. The maximum absolute atomic E-state index is 12.2. The maximum atomic E-state index is 12.2. The second kappa shape index (κ2) is 6.69. The molecule has 2 aromatic carbocycles. The van der Waals surface area contributed by atoms with E-state index in [0.29, 0.717) is 17.9 Å². The fourth-order valence-electron chi connectivity index (χ4n) is 2.05. The number of ether oxygens (including phenoxy) is 1. The third kappa shape index (κ3) is 3.52. The van der Waals surface area contributed by atoms with Crippen molar-refractivity contribution in [3.63, 3.8) is 0 Å². The average molecular weight is 309 g/mol. The highest BCUT2D eigenvalue weighted by atomic mass is 16.5. The zero-order valence-corrected chi connectivity index (χ0v) is 12.5. The minimum Gasteiger partial charge on any atom is -0.494 e. The molecule has 0 saturated carbocycles. The minimum atomic E-state index is -0.178. The lowest BCUT2D eigenvalue weighted by atomic mass is 10.2. The number of hydrogen-bond acceptors (Lipinski definition) is 5. The molecule has 0 aliphatic heterocycles. The van der Waals surface area contributed by atoms with Gasteiger partial charge in [-0.2, -0.15) is 0 Å². The Balaban J connectivity index is 1.67. The van der Waals surface area contributed by atoms with Gasteiger partial charge in [-0.25, -0.2) is 4.68 Å². The van der Waals surface area contributed by atoms with Crippen molar-refractivity contribution < 1.29 is 9.53 Å². The van der Waals surface area contributed by atoms with Gasteiger partial charge in [-0.15, -0.1) is 5.10 Å². The van der Waals surface area contributed by atoms with Crippen molar-refractivity contribution in [2.24, 2.45) is 0 Å².